The van der Waals surface area contributed by atoms with E-state index in [1.54, 1.807) is 43.1 Å². The number of amides is 4. The molecule has 4 N–H and O–H groups in total. The molecule has 2 aromatic carbocycles. The molecular formula is C43H48ClF2N11O7S. The van der Waals surface area contributed by atoms with E-state index in [0.717, 1.165) is 22.1 Å². The molecular weight excluding hydrogens is 888 g/mol. The minimum absolute atomic E-state index is 0.0413. The third-order valence-corrected chi connectivity index (χ3v) is 13.7. The molecule has 0 radical (unpaired) electrons. The third kappa shape index (κ3) is 10.0. The molecule has 2 aromatic heterocycles. The number of fused-ring (bicyclic) bond motifs is 1. The SMILES string of the molecule is C=NC(=N/C=C(\C)c1cnc2[nH]cc(C(=O)c3c(F)ccc(NS(=O)(=O)N(C)CC)c3F)c2c1)N1CCN(C(=O)CC2(O)CCN(c3ccc(N4CCC(=O)NC4=O)cc3Cl)CC2)CC1. The summed E-state index contributed by atoms with van der Waals surface area (Å²) in [6.45, 7) is 9.79. The van der Waals surface area contributed by atoms with Gasteiger partial charge in [0.2, 0.25) is 23.6 Å². The summed E-state index contributed by atoms with van der Waals surface area (Å²) in [4.78, 5) is 73.9. The van der Waals surface area contributed by atoms with Crippen LogP contribution in [0.15, 0.2) is 65.0 Å². The Morgan fingerprint density at radius 1 is 1.06 bits per heavy atom. The van der Waals surface area contributed by atoms with Crippen molar-refractivity contribution >= 4 is 91.8 Å². The van der Waals surface area contributed by atoms with Gasteiger partial charge in [-0.2, -0.15) is 12.7 Å². The molecule has 0 aliphatic carbocycles. The number of H-pyrrole nitrogens is 1. The van der Waals surface area contributed by atoms with E-state index in [1.807, 2.05) is 15.9 Å². The number of allylic oxidation sites excluding steroid dienone is 1. The minimum atomic E-state index is -4.17. The molecule has 4 aromatic rings. The highest BCUT2D eigenvalue weighted by Gasteiger charge is 2.37. The first-order valence-corrected chi connectivity index (χ1v) is 22.6. The lowest BCUT2D eigenvalue weighted by molar-refractivity contribution is -0.138. The average Bonchev–Trinajstić information content (AvgIpc) is 3.71. The van der Waals surface area contributed by atoms with Gasteiger partial charge in [0.05, 0.1) is 34.0 Å². The lowest BCUT2D eigenvalue weighted by atomic mass is 9.87. The van der Waals surface area contributed by atoms with Crippen molar-refractivity contribution in [1.82, 2.24) is 29.4 Å². The summed E-state index contributed by atoms with van der Waals surface area (Å²) in [6.07, 6.45) is 5.19. The summed E-state index contributed by atoms with van der Waals surface area (Å²) < 4.78 is 58.8. The van der Waals surface area contributed by atoms with Gasteiger partial charge in [-0.05, 0) is 74.0 Å². The van der Waals surface area contributed by atoms with Crippen LogP contribution in [0.4, 0.5) is 30.6 Å². The van der Waals surface area contributed by atoms with Crippen molar-refractivity contribution in [2.45, 2.75) is 45.1 Å². The number of guanidine groups is 1. The molecule has 0 atom stereocenters. The average molecular weight is 936 g/mol. The number of hydrogen-bond acceptors (Lipinski definition) is 10. The van der Waals surface area contributed by atoms with Crippen LogP contribution >= 0.6 is 11.6 Å². The summed E-state index contributed by atoms with van der Waals surface area (Å²) in [5.41, 5.74) is -0.0982. The van der Waals surface area contributed by atoms with Crippen molar-refractivity contribution in [3.05, 3.63) is 88.3 Å². The molecule has 3 saturated heterocycles. The number of carbonyl (C=O) groups excluding carboxylic acids is 4. The first-order chi connectivity index (χ1) is 30.9. The van der Waals surface area contributed by atoms with Gasteiger partial charge in [0.1, 0.15) is 11.5 Å². The number of aliphatic hydroxyl groups is 1. The van der Waals surface area contributed by atoms with E-state index < -0.39 is 50.5 Å². The highest BCUT2D eigenvalue weighted by atomic mass is 35.5. The maximum atomic E-state index is 15.6. The number of pyridine rings is 1. The molecule has 22 heteroatoms. The van der Waals surface area contributed by atoms with Crippen LogP contribution in [0.2, 0.25) is 5.02 Å². The van der Waals surface area contributed by atoms with Crippen LogP contribution in [0, 0.1) is 11.6 Å². The fraction of sp³-hybridized carbons (Fsp3) is 0.372. The van der Waals surface area contributed by atoms with Crippen LogP contribution in [0.3, 0.4) is 0 Å². The number of aliphatic imine (C=N–C) groups is 2. The topological polar surface area (TPSA) is 216 Å². The number of hydrogen-bond donors (Lipinski definition) is 4. The Morgan fingerprint density at radius 2 is 1.77 bits per heavy atom. The molecule has 65 heavy (non-hydrogen) atoms. The van der Waals surface area contributed by atoms with Crippen LogP contribution < -0.4 is 19.8 Å². The van der Waals surface area contributed by atoms with E-state index in [9.17, 15) is 32.7 Å². The summed E-state index contributed by atoms with van der Waals surface area (Å²) in [5, 5.41) is 14.5. The van der Waals surface area contributed by atoms with Crippen LogP contribution in [0.5, 0.6) is 0 Å². The number of nitrogens with one attached hydrogen (secondary N) is 3. The zero-order chi connectivity index (χ0) is 46.8. The second kappa shape index (κ2) is 19.0. The number of imide groups is 1. The van der Waals surface area contributed by atoms with Gasteiger partial charge in [-0.25, -0.2) is 28.5 Å². The molecule has 3 aliphatic heterocycles. The predicted molar refractivity (Wildman–Crippen MR) is 243 cm³/mol. The number of piperidine rings is 1. The van der Waals surface area contributed by atoms with Crippen LogP contribution in [0.1, 0.15) is 61.0 Å². The molecule has 0 spiro atoms. The summed E-state index contributed by atoms with van der Waals surface area (Å²) in [6, 6.07) is 8.09. The standard InChI is InChI=1S/C43H48ClF2N11O7S/c1-5-53(4)65(63,64)52-33-8-7-32(45)37(38(33)46)39(60)30-25-49-40-29(30)20-27(24-48-40)26(2)23-50-41(47-3)56-18-16-55(17-19-56)36(59)22-43(62)11-14-54(15-12-43)34-9-6-28(21-31(34)44)57-13-10-35(58)51-42(57)61/h6-9,20-21,23-25,52,62H,3,5,10-19,22H2,1-2,4H3,(H,48,49)(H,51,58,61)/b26-23+,50-41?. The molecule has 3 fully saturated rings. The zero-order valence-corrected chi connectivity index (χ0v) is 37.5. The summed E-state index contributed by atoms with van der Waals surface area (Å²) >= 11 is 6.64. The Bertz CT molecular complexity index is 2730. The molecule has 0 bridgehead atoms. The predicted octanol–water partition coefficient (Wildman–Crippen LogP) is 4.76. The molecule has 5 heterocycles. The van der Waals surface area contributed by atoms with Crippen molar-refractivity contribution < 1.29 is 41.5 Å². The minimum Gasteiger partial charge on any atom is -0.389 e. The summed E-state index contributed by atoms with van der Waals surface area (Å²) in [7, 11) is -2.89. The number of piperazine rings is 1. The first kappa shape index (κ1) is 46.7. The van der Waals surface area contributed by atoms with Crippen molar-refractivity contribution in [3.8, 4) is 0 Å². The number of carbonyl (C=O) groups is 4. The first-order valence-electron chi connectivity index (χ1n) is 20.8. The van der Waals surface area contributed by atoms with Gasteiger partial charge in [-0.15, -0.1) is 0 Å². The number of urea groups is 1. The number of aromatic nitrogens is 2. The zero-order valence-electron chi connectivity index (χ0n) is 35.9. The summed E-state index contributed by atoms with van der Waals surface area (Å²) in [5.74, 6) is -3.75. The molecule has 3 aliphatic rings. The Hall–Kier alpha value is -6.29. The lowest BCUT2D eigenvalue weighted by Gasteiger charge is -2.41. The van der Waals surface area contributed by atoms with Crippen LogP contribution in [-0.2, 0) is 19.8 Å². The molecule has 7 rings (SSSR count). The molecule has 4 amide bonds. The number of rotatable bonds is 12. The van der Waals surface area contributed by atoms with Gasteiger partial charge in [-0.1, -0.05) is 18.5 Å². The highest BCUT2D eigenvalue weighted by molar-refractivity contribution is 7.90. The molecule has 344 valence electrons. The van der Waals surface area contributed by atoms with Crippen molar-refractivity contribution in [2.24, 2.45) is 9.98 Å². The largest absolute Gasteiger partial charge is 0.389 e. The number of benzene rings is 2. The Morgan fingerprint density at radius 3 is 2.43 bits per heavy atom. The second-order valence-electron chi connectivity index (χ2n) is 16.0. The number of nitrogens with zero attached hydrogens (tertiary/aromatic N) is 8. The normalized spacial score (nSPS) is 17.5. The lowest BCUT2D eigenvalue weighted by Crippen LogP contribution is -2.53. The fourth-order valence-electron chi connectivity index (χ4n) is 7.84. The van der Waals surface area contributed by atoms with Crippen LogP contribution in [0.25, 0.3) is 16.6 Å². The van der Waals surface area contributed by atoms with E-state index in [4.69, 9.17) is 11.6 Å². The van der Waals surface area contributed by atoms with E-state index in [2.05, 4.69) is 36.7 Å². The van der Waals surface area contributed by atoms with Gasteiger partial charge in [0.15, 0.2) is 5.82 Å². The number of halogens is 3. The van der Waals surface area contributed by atoms with Crippen LogP contribution in [-0.4, -0.2) is 139 Å². The number of ketones is 1. The van der Waals surface area contributed by atoms with Gasteiger partial charge >= 0.3 is 16.2 Å². The maximum Gasteiger partial charge on any atom is 0.328 e. The smallest absolute Gasteiger partial charge is 0.328 e. The molecule has 0 saturated carbocycles. The molecule has 18 nitrogen and oxygen atoms in total. The van der Waals surface area contributed by atoms with Crippen molar-refractivity contribution in [1.29, 1.82) is 0 Å². The van der Waals surface area contributed by atoms with E-state index >= 15 is 8.78 Å². The Labute approximate surface area is 378 Å². The maximum absolute atomic E-state index is 15.6. The van der Waals surface area contributed by atoms with Gasteiger partial charge in [0, 0.05) is 101 Å². The van der Waals surface area contributed by atoms with Gasteiger partial charge < -0.3 is 24.8 Å². The molecule has 0 unspecified atom stereocenters. The number of anilines is 3. The van der Waals surface area contributed by atoms with E-state index in [-0.39, 0.29) is 54.3 Å². The Kier molecular flexibility index (Phi) is 13.7. The second-order valence-corrected chi connectivity index (χ2v) is 18.2. The highest BCUT2D eigenvalue weighted by Crippen LogP contribution is 2.36. The third-order valence-electron chi connectivity index (χ3n) is 11.9. The van der Waals surface area contributed by atoms with E-state index in [0.29, 0.717) is 79.9 Å². The Balaban J connectivity index is 0.951. The quantitative estimate of drug-likeness (QED) is 0.0868. The van der Waals surface area contributed by atoms with Crippen molar-refractivity contribution in [2.75, 3.05) is 73.9 Å². The fourth-order valence-corrected chi connectivity index (χ4v) is 9.07. The van der Waals surface area contributed by atoms with Gasteiger partial charge in [-0.3, -0.25) is 29.3 Å². The number of aromatic amines is 1. The van der Waals surface area contributed by atoms with Crippen molar-refractivity contribution in [3.63, 3.8) is 0 Å². The van der Waals surface area contributed by atoms with E-state index in [1.165, 1.54) is 24.3 Å². The monoisotopic (exact) mass is 935 g/mol. The van der Waals surface area contributed by atoms with Gasteiger partial charge in [0.25, 0.3) is 0 Å².